The molecule has 24 heteroatoms. The number of imide groups is 1. The van der Waals surface area contributed by atoms with Crippen LogP contribution in [-0.4, -0.2) is 171 Å². The molecule has 3 atom stereocenters. The molecule has 87 heavy (non-hydrogen) atoms. The lowest BCUT2D eigenvalue weighted by Gasteiger charge is -2.44. The standard InChI is InChI=1S/C63H75ClF3N9O8S3/c1-62(44-74-30-34-76(35-31-74)52-8-5-7-49(39-52)68-57-21-22-59(77)70-61(57)79)25-23-55(45-11-15-48(64)16-12-45)47(41-62)42-73-28-32-75(33-29-73)51-17-13-46(14-18-51)60(78)71-87(82,83)54-19-20-56(58(40-54)86(80,81)63(65,66)67)69-50(43-85-53-9-3-2-4-10-53)24-27-72-26-6-37-84-38-36-72/h2-5,7-20,39-40,50,57,68-69H,6,21-38,41-44H2,1H3,(H,71,78)(H,70,77,79)/t50-,57?,62-/m1/s1. The molecule has 0 bridgehead atoms. The van der Waals surface area contributed by atoms with Crippen LogP contribution in [0.3, 0.4) is 0 Å². The van der Waals surface area contributed by atoms with E-state index in [9.17, 15) is 44.4 Å². The van der Waals surface area contributed by atoms with Crippen molar-refractivity contribution in [3.05, 3.63) is 143 Å². The number of carbonyl (C=O) groups is 3. The van der Waals surface area contributed by atoms with E-state index in [1.54, 1.807) is 12.1 Å². The lowest BCUT2D eigenvalue weighted by atomic mass is 9.71. The number of alkyl halides is 3. The highest BCUT2D eigenvalue weighted by Crippen LogP contribution is 2.44. The first-order valence-electron chi connectivity index (χ1n) is 29.7. The van der Waals surface area contributed by atoms with Crippen molar-refractivity contribution in [2.45, 2.75) is 84.1 Å². The Balaban J connectivity index is 0.754. The van der Waals surface area contributed by atoms with Crippen molar-refractivity contribution in [2.24, 2.45) is 5.41 Å². The Morgan fingerprint density at radius 1 is 0.782 bits per heavy atom. The molecule has 4 N–H and O–H groups in total. The summed E-state index contributed by atoms with van der Waals surface area (Å²) in [6, 6.07) is 33.5. The Bertz CT molecular complexity index is 3490. The molecule has 5 aromatic carbocycles. The summed E-state index contributed by atoms with van der Waals surface area (Å²) in [5.74, 6) is -1.22. The Morgan fingerprint density at radius 3 is 2.21 bits per heavy atom. The van der Waals surface area contributed by atoms with Crippen LogP contribution in [0.4, 0.5) is 35.9 Å². The first-order chi connectivity index (χ1) is 41.7. The van der Waals surface area contributed by atoms with Crippen molar-refractivity contribution < 1.29 is 49.1 Å². The minimum Gasteiger partial charge on any atom is -0.380 e. The molecule has 4 fully saturated rings. The van der Waals surface area contributed by atoms with Gasteiger partial charge in [-0.1, -0.05) is 60.5 Å². The highest BCUT2D eigenvalue weighted by Gasteiger charge is 2.49. The molecule has 0 spiro atoms. The summed E-state index contributed by atoms with van der Waals surface area (Å²) in [7, 11) is -11.0. The molecule has 0 aromatic heterocycles. The second kappa shape index (κ2) is 28.1. The number of hydrogen-bond donors (Lipinski definition) is 4. The van der Waals surface area contributed by atoms with E-state index in [1.807, 2.05) is 59.3 Å². The number of ether oxygens (including phenoxy) is 1. The van der Waals surface area contributed by atoms with E-state index < -0.39 is 58.8 Å². The maximum atomic E-state index is 14.4. The Labute approximate surface area is 517 Å². The molecule has 5 aromatic rings. The first kappa shape index (κ1) is 63.8. The van der Waals surface area contributed by atoms with Crippen molar-refractivity contribution >= 4 is 89.3 Å². The summed E-state index contributed by atoms with van der Waals surface area (Å²) < 4.78 is 105. The number of rotatable bonds is 21. The van der Waals surface area contributed by atoms with Crippen LogP contribution in [0.25, 0.3) is 5.57 Å². The van der Waals surface area contributed by atoms with Gasteiger partial charge in [-0.15, -0.1) is 11.8 Å². The molecular weight excluding hydrogens is 1200 g/mol. The maximum absolute atomic E-state index is 14.4. The van der Waals surface area contributed by atoms with Crippen LogP contribution in [0.2, 0.25) is 5.02 Å². The molecule has 0 radical (unpaired) electrons. The highest BCUT2D eigenvalue weighted by atomic mass is 35.5. The number of amides is 3. The number of hydrogen-bond acceptors (Lipinski definition) is 16. The normalized spacial score (nSPS) is 21.0. The molecule has 4 heterocycles. The van der Waals surface area contributed by atoms with Gasteiger partial charge in [0.15, 0.2) is 0 Å². The maximum Gasteiger partial charge on any atom is 0.501 e. The number of carbonyl (C=O) groups excluding carboxylic acids is 3. The van der Waals surface area contributed by atoms with Gasteiger partial charge in [-0.25, -0.2) is 21.6 Å². The largest absolute Gasteiger partial charge is 0.501 e. The van der Waals surface area contributed by atoms with Crippen LogP contribution in [0.5, 0.6) is 0 Å². The number of anilines is 4. The monoisotopic (exact) mass is 1270 g/mol. The summed E-state index contributed by atoms with van der Waals surface area (Å²) in [5.41, 5.74) is 0.579. The SMILES string of the molecule is C[C@@]1(CN2CCN(c3cccc(NC4CCC(=O)NC4=O)c3)CC2)CCC(c2ccc(Cl)cc2)=C(CN2CCN(c3ccc(C(=O)NS(=O)(=O)c4ccc(N[C@H](CCN5CCCOCC5)CSc5ccccc5)c(S(=O)(=O)C(F)(F)F)c4)cc3)CC2)C1. The average molecular weight is 1270 g/mol. The number of halogens is 4. The molecule has 4 aliphatic heterocycles. The number of sulfone groups is 1. The predicted molar refractivity (Wildman–Crippen MR) is 336 cm³/mol. The van der Waals surface area contributed by atoms with E-state index in [-0.39, 0.29) is 22.8 Å². The number of thioether (sulfide) groups is 1. The van der Waals surface area contributed by atoms with Gasteiger partial charge in [-0.2, -0.15) is 13.2 Å². The van der Waals surface area contributed by atoms with E-state index in [1.165, 1.54) is 40.6 Å². The first-order valence-corrected chi connectivity index (χ1v) is 34.0. The molecule has 10 rings (SSSR count). The van der Waals surface area contributed by atoms with Gasteiger partial charge in [0.2, 0.25) is 11.8 Å². The Morgan fingerprint density at radius 2 is 1.49 bits per heavy atom. The second-order valence-electron chi connectivity index (χ2n) is 23.5. The van der Waals surface area contributed by atoms with Crippen LogP contribution in [0.1, 0.15) is 67.8 Å². The zero-order chi connectivity index (χ0) is 61.3. The second-order valence-corrected chi connectivity index (χ2v) is 28.6. The number of piperidine rings is 1. The van der Waals surface area contributed by atoms with Crippen molar-refractivity contribution in [2.75, 3.05) is 124 Å². The molecule has 1 aliphatic carbocycles. The van der Waals surface area contributed by atoms with Gasteiger partial charge in [0, 0.05) is 142 Å². The topological polar surface area (TPSA) is 193 Å². The third-order valence-corrected chi connectivity index (χ3v) is 21.3. The molecule has 0 saturated carbocycles. The molecule has 5 aliphatic rings. The summed E-state index contributed by atoms with van der Waals surface area (Å²) in [5, 5.41) is 9.45. The van der Waals surface area contributed by atoms with E-state index in [0.717, 1.165) is 119 Å². The van der Waals surface area contributed by atoms with Crippen LogP contribution >= 0.6 is 23.4 Å². The average Bonchev–Trinajstić information content (AvgIpc) is 1.35. The summed E-state index contributed by atoms with van der Waals surface area (Å²) in [6.45, 7) is 13.8. The smallest absolute Gasteiger partial charge is 0.380 e. The van der Waals surface area contributed by atoms with Crippen LogP contribution in [0, 0.1) is 5.41 Å². The molecule has 4 saturated heterocycles. The van der Waals surface area contributed by atoms with Gasteiger partial charge in [-0.3, -0.25) is 29.5 Å². The lowest BCUT2D eigenvalue weighted by Crippen LogP contribution is -2.50. The van der Waals surface area contributed by atoms with Gasteiger partial charge < -0.3 is 30.1 Å². The Hall–Kier alpha value is -6.18. The highest BCUT2D eigenvalue weighted by molar-refractivity contribution is 7.99. The molecular formula is C63H75ClF3N9O8S3. The van der Waals surface area contributed by atoms with Gasteiger partial charge in [0.05, 0.1) is 17.2 Å². The van der Waals surface area contributed by atoms with Gasteiger partial charge in [0.25, 0.3) is 25.8 Å². The number of piperazine rings is 2. The van der Waals surface area contributed by atoms with E-state index in [0.29, 0.717) is 75.5 Å². The van der Waals surface area contributed by atoms with Crippen molar-refractivity contribution in [1.82, 2.24) is 24.7 Å². The predicted octanol–water partition coefficient (Wildman–Crippen LogP) is 9.24. The van der Waals surface area contributed by atoms with Crippen LogP contribution < -0.4 is 30.5 Å². The number of benzene rings is 5. The zero-order valence-electron chi connectivity index (χ0n) is 48.7. The minimum atomic E-state index is -6.09. The van der Waals surface area contributed by atoms with E-state index in [4.69, 9.17) is 16.3 Å². The fourth-order valence-corrected chi connectivity index (χ4v) is 15.4. The fraction of sp³-hybridized carbons (Fsp3) is 0.444. The van der Waals surface area contributed by atoms with Gasteiger partial charge in [-0.05, 0) is 140 Å². The minimum absolute atomic E-state index is 0.0210. The lowest BCUT2D eigenvalue weighted by molar-refractivity contribution is -0.133. The van der Waals surface area contributed by atoms with Gasteiger partial charge >= 0.3 is 5.51 Å². The fourth-order valence-electron chi connectivity index (χ4n) is 12.3. The Kier molecular flexibility index (Phi) is 20.6. The summed E-state index contributed by atoms with van der Waals surface area (Å²) in [4.78, 5) is 48.3. The van der Waals surface area contributed by atoms with Crippen LogP contribution in [-0.2, 0) is 34.2 Å². The molecule has 466 valence electrons. The molecule has 17 nitrogen and oxygen atoms in total. The van der Waals surface area contributed by atoms with E-state index >= 15 is 0 Å². The number of nitrogens with one attached hydrogen (secondary N) is 4. The number of sulfonamides is 1. The quantitative estimate of drug-likeness (QED) is 0.0401. The number of nitrogens with zero attached hydrogens (tertiary/aromatic N) is 5. The third kappa shape index (κ3) is 16.6. The summed E-state index contributed by atoms with van der Waals surface area (Å²) >= 11 is 7.82. The van der Waals surface area contributed by atoms with Gasteiger partial charge in [0.1, 0.15) is 10.9 Å². The van der Waals surface area contributed by atoms with E-state index in [2.05, 4.69) is 71.6 Å². The number of allylic oxidation sites excluding steroid dienone is 1. The van der Waals surface area contributed by atoms with Crippen molar-refractivity contribution in [3.8, 4) is 0 Å². The van der Waals surface area contributed by atoms with Crippen molar-refractivity contribution in [1.29, 1.82) is 0 Å². The van der Waals surface area contributed by atoms with Crippen molar-refractivity contribution in [3.63, 3.8) is 0 Å². The summed E-state index contributed by atoms with van der Waals surface area (Å²) in [6.07, 6.45) is 4.95. The van der Waals surface area contributed by atoms with Crippen LogP contribution in [0.15, 0.2) is 142 Å². The zero-order valence-corrected chi connectivity index (χ0v) is 51.9. The molecule has 3 amide bonds. The third-order valence-electron chi connectivity index (χ3n) is 17.0. The molecule has 1 unspecified atom stereocenters.